The van der Waals surface area contributed by atoms with E-state index in [4.69, 9.17) is 9.84 Å². The molecule has 0 aliphatic carbocycles. The Morgan fingerprint density at radius 1 is 1.15 bits per heavy atom. The molecule has 1 amide bonds. The van der Waals surface area contributed by atoms with E-state index < -0.39 is 0 Å². The molecule has 4 nitrogen and oxygen atoms in total. The van der Waals surface area contributed by atoms with Crippen LogP contribution in [0, 0.1) is 6.92 Å². The van der Waals surface area contributed by atoms with Crippen LogP contribution in [0.1, 0.15) is 15.9 Å². The van der Waals surface area contributed by atoms with E-state index in [0.29, 0.717) is 11.3 Å². The van der Waals surface area contributed by atoms with Crippen molar-refractivity contribution >= 4 is 5.91 Å². The van der Waals surface area contributed by atoms with Crippen LogP contribution in [-0.2, 0) is 0 Å². The first-order valence-electron chi connectivity index (χ1n) is 6.42. The van der Waals surface area contributed by atoms with Gasteiger partial charge in [0.05, 0.1) is 6.61 Å². The monoisotopic (exact) mass is 271 g/mol. The van der Waals surface area contributed by atoms with Gasteiger partial charge in [0.1, 0.15) is 11.5 Å². The maximum Gasteiger partial charge on any atom is 0.251 e. The van der Waals surface area contributed by atoms with Crippen LogP contribution in [0.25, 0.3) is 0 Å². The smallest absolute Gasteiger partial charge is 0.251 e. The minimum Gasteiger partial charge on any atom is -0.457 e. The molecule has 2 aromatic carbocycles. The number of hydrogen-bond donors (Lipinski definition) is 2. The summed E-state index contributed by atoms with van der Waals surface area (Å²) in [5, 5.41) is 11.3. The Labute approximate surface area is 118 Å². The molecule has 0 aliphatic heterocycles. The first-order chi connectivity index (χ1) is 9.69. The molecule has 2 aromatic rings. The van der Waals surface area contributed by atoms with E-state index in [1.54, 1.807) is 24.3 Å². The Bertz CT molecular complexity index is 579. The summed E-state index contributed by atoms with van der Waals surface area (Å²) in [6.07, 6.45) is 0. The predicted octanol–water partition coefficient (Wildman–Crippen LogP) is 2.51. The minimum atomic E-state index is -0.207. The molecule has 4 heteroatoms. The zero-order chi connectivity index (χ0) is 14.4. The molecule has 0 radical (unpaired) electrons. The number of carbonyl (C=O) groups excluding carboxylic acids is 1. The molecule has 0 unspecified atom stereocenters. The Hall–Kier alpha value is -2.33. The van der Waals surface area contributed by atoms with E-state index in [1.807, 2.05) is 31.2 Å². The van der Waals surface area contributed by atoms with Crippen LogP contribution >= 0.6 is 0 Å². The fourth-order valence-corrected chi connectivity index (χ4v) is 1.76. The second kappa shape index (κ2) is 6.73. The van der Waals surface area contributed by atoms with Crippen LogP contribution in [0.5, 0.6) is 11.5 Å². The van der Waals surface area contributed by atoms with E-state index in [-0.39, 0.29) is 19.1 Å². The van der Waals surface area contributed by atoms with Gasteiger partial charge in [0.15, 0.2) is 0 Å². The number of aliphatic hydroxyl groups is 1. The Morgan fingerprint density at radius 2 is 1.90 bits per heavy atom. The lowest BCUT2D eigenvalue weighted by Gasteiger charge is -2.07. The summed E-state index contributed by atoms with van der Waals surface area (Å²) in [7, 11) is 0. The fourth-order valence-electron chi connectivity index (χ4n) is 1.76. The average Bonchev–Trinajstić information content (AvgIpc) is 2.45. The third kappa shape index (κ3) is 3.83. The van der Waals surface area contributed by atoms with E-state index >= 15 is 0 Å². The summed E-state index contributed by atoms with van der Waals surface area (Å²) in [6.45, 7) is 2.18. The number of nitrogens with one attached hydrogen (secondary N) is 1. The van der Waals surface area contributed by atoms with Gasteiger partial charge in [-0.1, -0.05) is 12.1 Å². The number of carbonyl (C=O) groups is 1. The Balaban J connectivity index is 2.03. The molecule has 0 heterocycles. The molecule has 0 aromatic heterocycles. The van der Waals surface area contributed by atoms with Crippen molar-refractivity contribution in [2.24, 2.45) is 0 Å². The zero-order valence-corrected chi connectivity index (χ0v) is 11.3. The lowest BCUT2D eigenvalue weighted by Crippen LogP contribution is -2.26. The van der Waals surface area contributed by atoms with E-state index in [2.05, 4.69) is 5.32 Å². The maximum atomic E-state index is 11.7. The zero-order valence-electron chi connectivity index (χ0n) is 11.3. The number of benzene rings is 2. The molecule has 0 saturated carbocycles. The first-order valence-corrected chi connectivity index (χ1v) is 6.42. The summed E-state index contributed by atoms with van der Waals surface area (Å²) in [6, 6.07) is 14.6. The van der Waals surface area contributed by atoms with Gasteiger partial charge in [-0.05, 0) is 48.9 Å². The molecule has 0 bridgehead atoms. The highest BCUT2D eigenvalue weighted by molar-refractivity contribution is 5.94. The summed E-state index contributed by atoms with van der Waals surface area (Å²) in [5.41, 5.74) is 1.66. The van der Waals surface area contributed by atoms with Crippen molar-refractivity contribution in [3.05, 3.63) is 59.7 Å². The molecule has 0 aliphatic rings. The second-order valence-electron chi connectivity index (χ2n) is 4.42. The van der Waals surface area contributed by atoms with E-state index in [9.17, 15) is 4.79 Å². The third-order valence-corrected chi connectivity index (χ3v) is 2.74. The normalized spacial score (nSPS) is 10.1. The van der Waals surface area contributed by atoms with Gasteiger partial charge >= 0.3 is 0 Å². The van der Waals surface area contributed by atoms with Crippen molar-refractivity contribution in [1.82, 2.24) is 5.32 Å². The van der Waals surface area contributed by atoms with Crippen LogP contribution in [0.3, 0.4) is 0 Å². The van der Waals surface area contributed by atoms with Crippen molar-refractivity contribution in [3.63, 3.8) is 0 Å². The lowest BCUT2D eigenvalue weighted by molar-refractivity contribution is 0.0945. The van der Waals surface area contributed by atoms with Gasteiger partial charge in [-0.2, -0.15) is 0 Å². The molecule has 104 valence electrons. The molecule has 0 spiro atoms. The fraction of sp³-hybridized carbons (Fsp3) is 0.188. The highest BCUT2D eigenvalue weighted by Gasteiger charge is 2.05. The largest absolute Gasteiger partial charge is 0.457 e. The number of hydrogen-bond acceptors (Lipinski definition) is 3. The minimum absolute atomic E-state index is 0.0692. The Morgan fingerprint density at radius 3 is 2.55 bits per heavy atom. The number of ether oxygens (including phenoxy) is 1. The van der Waals surface area contributed by atoms with Crippen LogP contribution in [0.4, 0.5) is 0 Å². The SMILES string of the molecule is Cc1cccc(Oc2ccc(C(=O)NCCO)cc2)c1. The van der Waals surface area contributed by atoms with Gasteiger partial charge in [0, 0.05) is 12.1 Å². The topological polar surface area (TPSA) is 58.6 Å². The van der Waals surface area contributed by atoms with Gasteiger partial charge < -0.3 is 15.2 Å². The van der Waals surface area contributed by atoms with Crippen molar-refractivity contribution in [2.45, 2.75) is 6.92 Å². The third-order valence-electron chi connectivity index (χ3n) is 2.74. The predicted molar refractivity (Wildman–Crippen MR) is 77.1 cm³/mol. The molecule has 0 saturated heterocycles. The van der Waals surface area contributed by atoms with Gasteiger partial charge in [-0.15, -0.1) is 0 Å². The molecule has 0 fully saturated rings. The van der Waals surface area contributed by atoms with Crippen LogP contribution < -0.4 is 10.1 Å². The quantitative estimate of drug-likeness (QED) is 0.878. The molecular weight excluding hydrogens is 254 g/mol. The van der Waals surface area contributed by atoms with Gasteiger partial charge in [-0.3, -0.25) is 4.79 Å². The standard InChI is InChI=1S/C16H17NO3/c1-12-3-2-4-15(11-12)20-14-7-5-13(6-8-14)16(19)17-9-10-18/h2-8,11,18H,9-10H2,1H3,(H,17,19). The van der Waals surface area contributed by atoms with Crippen molar-refractivity contribution in [2.75, 3.05) is 13.2 Å². The summed E-state index contributed by atoms with van der Waals surface area (Å²) < 4.78 is 5.70. The van der Waals surface area contributed by atoms with Gasteiger partial charge in [0.2, 0.25) is 0 Å². The number of amides is 1. The van der Waals surface area contributed by atoms with Crippen molar-refractivity contribution < 1.29 is 14.6 Å². The van der Waals surface area contributed by atoms with Crippen LogP contribution in [0.15, 0.2) is 48.5 Å². The molecular formula is C16H17NO3. The van der Waals surface area contributed by atoms with E-state index in [1.165, 1.54) is 0 Å². The van der Waals surface area contributed by atoms with Crippen molar-refractivity contribution in [3.8, 4) is 11.5 Å². The lowest BCUT2D eigenvalue weighted by atomic mass is 10.2. The second-order valence-corrected chi connectivity index (χ2v) is 4.42. The Kier molecular flexibility index (Phi) is 4.74. The maximum absolute atomic E-state index is 11.7. The molecule has 20 heavy (non-hydrogen) atoms. The van der Waals surface area contributed by atoms with Crippen molar-refractivity contribution in [1.29, 1.82) is 0 Å². The number of aliphatic hydroxyl groups excluding tert-OH is 1. The molecule has 0 atom stereocenters. The highest BCUT2D eigenvalue weighted by atomic mass is 16.5. The van der Waals surface area contributed by atoms with Crippen LogP contribution in [0.2, 0.25) is 0 Å². The molecule has 2 N–H and O–H groups in total. The number of aryl methyl sites for hydroxylation is 1. The van der Waals surface area contributed by atoms with Gasteiger partial charge in [-0.25, -0.2) is 0 Å². The van der Waals surface area contributed by atoms with E-state index in [0.717, 1.165) is 11.3 Å². The molecule has 2 rings (SSSR count). The summed E-state index contributed by atoms with van der Waals surface area (Å²) >= 11 is 0. The van der Waals surface area contributed by atoms with Crippen LogP contribution in [-0.4, -0.2) is 24.2 Å². The summed E-state index contributed by atoms with van der Waals surface area (Å²) in [4.78, 5) is 11.7. The first kappa shape index (κ1) is 14.1. The average molecular weight is 271 g/mol. The number of rotatable bonds is 5. The van der Waals surface area contributed by atoms with Gasteiger partial charge in [0.25, 0.3) is 5.91 Å². The summed E-state index contributed by atoms with van der Waals surface area (Å²) in [5.74, 6) is 1.23. The highest BCUT2D eigenvalue weighted by Crippen LogP contribution is 2.22.